The van der Waals surface area contributed by atoms with Crippen LogP contribution in [0.4, 0.5) is 0 Å². The molecule has 0 aliphatic carbocycles. The molecule has 0 saturated carbocycles. The third-order valence-electron chi connectivity index (χ3n) is 9.61. The van der Waals surface area contributed by atoms with Gasteiger partial charge >= 0.3 is 0 Å². The maximum Gasteiger partial charge on any atom is 0.0991 e. The Morgan fingerprint density at radius 1 is 0.688 bits per heavy atom. The number of hydrogen-bond acceptors (Lipinski definition) is 3. The summed E-state index contributed by atoms with van der Waals surface area (Å²) in [4.78, 5) is 1.27. The van der Waals surface area contributed by atoms with Crippen LogP contribution in [0.3, 0.4) is 0 Å². The lowest BCUT2D eigenvalue weighted by Gasteiger charge is -2.19. The number of nitriles is 2. The van der Waals surface area contributed by atoms with E-state index in [4.69, 9.17) is 0 Å². The van der Waals surface area contributed by atoms with Crippen LogP contribution >= 0.6 is 11.8 Å². The minimum Gasteiger partial charge on any atom is -0.310 e. The van der Waals surface area contributed by atoms with E-state index in [1.807, 2.05) is 48.2 Å². The summed E-state index contributed by atoms with van der Waals surface area (Å²) in [7, 11) is 0. The van der Waals surface area contributed by atoms with Crippen LogP contribution in [0.1, 0.15) is 55.9 Å². The number of hydrogen-bond donors (Lipinski definition) is 0. The maximum atomic E-state index is 9.66. The monoisotopic (exact) mass is 638 g/mol. The molecule has 48 heavy (non-hydrogen) atoms. The van der Waals surface area contributed by atoms with E-state index in [9.17, 15) is 10.5 Å². The van der Waals surface area contributed by atoms with Gasteiger partial charge in [0.2, 0.25) is 0 Å². The lowest BCUT2D eigenvalue weighted by atomic mass is 9.86. The number of rotatable bonds is 2. The molecule has 0 saturated heterocycles. The first-order chi connectivity index (χ1) is 23.2. The van der Waals surface area contributed by atoms with Gasteiger partial charge in [-0.05, 0) is 95.4 Å². The van der Waals surface area contributed by atoms with Crippen LogP contribution in [0.5, 0.6) is 0 Å². The van der Waals surface area contributed by atoms with Gasteiger partial charge in [-0.1, -0.05) is 64.1 Å². The molecule has 0 N–H and O–H groups in total. The first-order valence-electron chi connectivity index (χ1n) is 16.3. The van der Waals surface area contributed by atoms with Gasteiger partial charge in [0.1, 0.15) is 0 Å². The zero-order chi connectivity index (χ0) is 33.2. The Morgan fingerprint density at radius 2 is 1.31 bits per heavy atom. The molecule has 0 bridgehead atoms. The van der Waals surface area contributed by atoms with Crippen molar-refractivity contribution in [2.75, 3.05) is 5.75 Å². The molecule has 3 heterocycles. The van der Waals surface area contributed by atoms with Crippen molar-refractivity contribution in [1.82, 2.24) is 9.13 Å². The van der Waals surface area contributed by atoms with Crippen molar-refractivity contribution >= 4 is 61.1 Å². The lowest BCUT2D eigenvalue weighted by Crippen LogP contribution is -2.10. The highest BCUT2D eigenvalue weighted by Gasteiger charge is 2.21. The summed E-state index contributed by atoms with van der Waals surface area (Å²) in [6, 6.07) is 38.7. The molecule has 8 rings (SSSR count). The minimum absolute atomic E-state index is 0.0638. The van der Waals surface area contributed by atoms with E-state index >= 15 is 0 Å². The Hall–Kier alpha value is -5.49. The van der Waals surface area contributed by atoms with Crippen LogP contribution in [0.2, 0.25) is 0 Å². The van der Waals surface area contributed by atoms with Gasteiger partial charge in [-0.15, -0.1) is 11.8 Å². The molecular weight excluding hydrogens is 605 g/mol. The molecule has 0 amide bonds. The second kappa shape index (κ2) is 11.3. The Morgan fingerprint density at radius 3 is 2.00 bits per heavy atom. The highest BCUT2D eigenvalue weighted by atomic mass is 32.2. The first kappa shape index (κ1) is 29.9. The van der Waals surface area contributed by atoms with Gasteiger partial charge in [0.05, 0.1) is 45.3 Å². The van der Waals surface area contributed by atoms with Crippen molar-refractivity contribution in [3.63, 3.8) is 0 Å². The molecule has 1 unspecified atom stereocenters. The predicted molar refractivity (Wildman–Crippen MR) is 201 cm³/mol. The van der Waals surface area contributed by atoms with E-state index in [1.54, 1.807) is 0 Å². The van der Waals surface area contributed by atoms with Crippen molar-refractivity contribution in [2.24, 2.45) is 0 Å². The normalized spacial score (nSPS) is 16.9. The van der Waals surface area contributed by atoms with Gasteiger partial charge in [-0.2, -0.15) is 10.5 Å². The maximum absolute atomic E-state index is 9.66. The molecule has 7 aromatic rings. The summed E-state index contributed by atoms with van der Waals surface area (Å²) in [5.74, 6) is 0.990. The van der Waals surface area contributed by atoms with Gasteiger partial charge in [0.25, 0.3) is 0 Å². The number of aromatic nitrogens is 2. The van der Waals surface area contributed by atoms with Crippen molar-refractivity contribution in [2.45, 2.75) is 43.9 Å². The van der Waals surface area contributed by atoms with Gasteiger partial charge in [0.15, 0.2) is 0 Å². The third kappa shape index (κ3) is 4.82. The van der Waals surface area contributed by atoms with Crippen molar-refractivity contribution in [3.05, 3.63) is 138 Å². The number of allylic oxidation sites excluding steroid dienone is 3. The Kier molecular flexibility index (Phi) is 7.06. The average Bonchev–Trinajstić information content (AvgIpc) is 3.62. The predicted octanol–water partition coefficient (Wildman–Crippen LogP) is 11.2. The quantitative estimate of drug-likeness (QED) is 0.189. The Bertz CT molecular complexity index is 2520. The SMILES string of the molecule is CC1/C=C(n2c3ccccc3c3cc(C(C)(C)C)ccc32)\C=C/CSc2ccc(-n3c4ccc(C#N)cc4c4cc(C#N)ccc43)cc21. The van der Waals surface area contributed by atoms with Crippen LogP contribution in [-0.4, -0.2) is 14.9 Å². The van der Waals surface area contributed by atoms with Gasteiger partial charge in [0, 0.05) is 49.5 Å². The topological polar surface area (TPSA) is 57.4 Å². The number of para-hydroxylation sites is 1. The van der Waals surface area contributed by atoms with E-state index in [1.165, 1.54) is 43.5 Å². The van der Waals surface area contributed by atoms with Crippen LogP contribution in [-0.2, 0) is 5.41 Å². The number of nitrogens with zero attached hydrogens (tertiary/aromatic N) is 4. The number of thioether (sulfide) groups is 1. The molecule has 0 radical (unpaired) electrons. The summed E-state index contributed by atoms with van der Waals surface area (Å²) in [6.45, 7) is 9.11. The molecule has 0 spiro atoms. The molecule has 5 heteroatoms. The molecule has 232 valence electrons. The lowest BCUT2D eigenvalue weighted by molar-refractivity contribution is 0.591. The van der Waals surface area contributed by atoms with Crippen LogP contribution in [0.15, 0.2) is 120 Å². The van der Waals surface area contributed by atoms with Gasteiger partial charge in [-0.3, -0.25) is 0 Å². The van der Waals surface area contributed by atoms with Crippen LogP contribution in [0.25, 0.3) is 55.0 Å². The van der Waals surface area contributed by atoms with E-state index in [0.29, 0.717) is 11.1 Å². The number of fused-ring (bicyclic) bond motifs is 7. The zero-order valence-electron chi connectivity index (χ0n) is 27.5. The standard InChI is InChI=1S/C43H34N4S/c1-27-20-31(46-38-10-6-5-9-33(38)37-23-30(43(2,3)4)13-17-41(37)46)8-7-19-48-42-18-14-32(24-34(27)42)47-39-15-11-28(25-44)21-35(39)36-22-29(26-45)12-16-40(36)47/h5-18,20-24,27H,19H2,1-4H3/b8-7-,31-20+. The molecule has 1 aliphatic heterocycles. The van der Waals surface area contributed by atoms with E-state index in [-0.39, 0.29) is 11.3 Å². The molecular formula is C43H34N4S. The fraction of sp³-hybridized carbons (Fsp3) is 0.163. The summed E-state index contributed by atoms with van der Waals surface area (Å²) in [6.07, 6.45) is 6.97. The Labute approximate surface area is 284 Å². The summed E-state index contributed by atoms with van der Waals surface area (Å²) in [5.41, 5.74) is 10.6. The summed E-state index contributed by atoms with van der Waals surface area (Å²) >= 11 is 1.86. The summed E-state index contributed by atoms with van der Waals surface area (Å²) < 4.78 is 4.69. The smallest absolute Gasteiger partial charge is 0.0991 e. The van der Waals surface area contributed by atoms with Crippen molar-refractivity contribution in [1.29, 1.82) is 10.5 Å². The highest BCUT2D eigenvalue weighted by molar-refractivity contribution is 7.99. The second-order valence-electron chi connectivity index (χ2n) is 13.7. The number of benzene rings is 5. The Balaban J connectivity index is 1.31. The first-order valence-corrected chi connectivity index (χ1v) is 17.3. The van der Waals surface area contributed by atoms with E-state index in [2.05, 4.69) is 128 Å². The fourth-order valence-corrected chi connectivity index (χ4v) is 8.13. The molecule has 1 atom stereocenters. The third-order valence-corrected chi connectivity index (χ3v) is 10.6. The van der Waals surface area contributed by atoms with Crippen molar-refractivity contribution in [3.8, 4) is 17.8 Å². The van der Waals surface area contributed by atoms with E-state index < -0.39 is 0 Å². The highest BCUT2D eigenvalue weighted by Crippen LogP contribution is 2.40. The van der Waals surface area contributed by atoms with Crippen LogP contribution < -0.4 is 0 Å². The second-order valence-corrected chi connectivity index (χ2v) is 14.7. The summed E-state index contributed by atoms with van der Waals surface area (Å²) in [5, 5.41) is 23.8. The van der Waals surface area contributed by atoms with E-state index in [0.717, 1.165) is 33.2 Å². The average molecular weight is 639 g/mol. The molecule has 5 aromatic carbocycles. The van der Waals surface area contributed by atoms with Gasteiger partial charge < -0.3 is 9.13 Å². The molecule has 2 aromatic heterocycles. The molecule has 0 fully saturated rings. The zero-order valence-corrected chi connectivity index (χ0v) is 28.3. The molecule has 1 aliphatic rings. The molecule has 4 nitrogen and oxygen atoms in total. The largest absolute Gasteiger partial charge is 0.310 e. The fourth-order valence-electron chi connectivity index (χ4n) is 7.18. The van der Waals surface area contributed by atoms with Crippen molar-refractivity contribution < 1.29 is 0 Å². The van der Waals surface area contributed by atoms with Gasteiger partial charge in [-0.25, -0.2) is 0 Å². The minimum atomic E-state index is 0.0638. The van der Waals surface area contributed by atoms with Crippen LogP contribution in [0, 0.1) is 22.7 Å².